The highest BCUT2D eigenvalue weighted by molar-refractivity contribution is 7.81. The van der Waals surface area contributed by atoms with Gasteiger partial charge in [-0.05, 0) is 21.5 Å². The second-order valence-corrected chi connectivity index (χ2v) is 5.79. The van der Waals surface area contributed by atoms with Crippen molar-refractivity contribution in [2.75, 3.05) is 0 Å². The van der Waals surface area contributed by atoms with Crippen LogP contribution in [0.3, 0.4) is 0 Å². The molecule has 0 bridgehead atoms. The van der Waals surface area contributed by atoms with E-state index in [9.17, 15) is 0 Å². The third-order valence-electron chi connectivity index (χ3n) is 4.07. The van der Waals surface area contributed by atoms with E-state index in [0.29, 0.717) is 0 Å². The van der Waals surface area contributed by atoms with Crippen LogP contribution < -0.4 is 0 Å². The summed E-state index contributed by atoms with van der Waals surface area (Å²) < 4.78 is 0. The first-order valence-corrected chi connectivity index (χ1v) is 7.76. The van der Waals surface area contributed by atoms with E-state index in [2.05, 4.69) is 84.9 Å². The Kier molecular flexibility index (Phi) is 3.21. The van der Waals surface area contributed by atoms with Crippen molar-refractivity contribution >= 4 is 38.6 Å². The molecule has 0 nitrogen and oxygen atoms in total. The quantitative estimate of drug-likeness (QED) is 0.335. The van der Waals surface area contributed by atoms with Crippen molar-refractivity contribution in [1.82, 2.24) is 0 Å². The van der Waals surface area contributed by atoms with Crippen molar-refractivity contribution in [2.24, 2.45) is 0 Å². The molecule has 0 unspecified atom stereocenters. The molecule has 0 radical (unpaired) electrons. The lowest BCUT2D eigenvalue weighted by Gasteiger charge is -2.11. The molecule has 104 valence electrons. The number of fused-ring (bicyclic) bond motifs is 2. The van der Waals surface area contributed by atoms with E-state index in [4.69, 9.17) is 12.2 Å². The fourth-order valence-electron chi connectivity index (χ4n) is 2.99. The van der Waals surface area contributed by atoms with E-state index in [1.54, 1.807) is 0 Å². The molecule has 0 amide bonds. The predicted molar refractivity (Wildman–Crippen MR) is 98.7 cm³/mol. The summed E-state index contributed by atoms with van der Waals surface area (Å²) in [7, 11) is 0. The van der Waals surface area contributed by atoms with Gasteiger partial charge in [0, 0.05) is 11.1 Å². The van der Waals surface area contributed by atoms with E-state index in [-0.39, 0.29) is 0 Å². The molecule has 0 saturated heterocycles. The first-order valence-electron chi connectivity index (χ1n) is 7.35. The molecule has 4 aromatic carbocycles. The molecular formula is C21H14S. The largest absolute Gasteiger partial charge is 0.0787 e. The van der Waals surface area contributed by atoms with E-state index in [1.807, 2.05) is 0 Å². The lowest BCUT2D eigenvalue weighted by Crippen LogP contribution is -2.01. The number of hydrogen-bond acceptors (Lipinski definition) is 1. The summed E-state index contributed by atoms with van der Waals surface area (Å²) in [6.07, 6.45) is 0. The van der Waals surface area contributed by atoms with Crippen molar-refractivity contribution in [1.29, 1.82) is 0 Å². The van der Waals surface area contributed by atoms with Crippen molar-refractivity contribution in [3.8, 4) is 0 Å². The van der Waals surface area contributed by atoms with Crippen LogP contribution in [-0.4, -0.2) is 4.86 Å². The van der Waals surface area contributed by atoms with Crippen molar-refractivity contribution in [3.63, 3.8) is 0 Å². The molecule has 4 aromatic rings. The lowest BCUT2D eigenvalue weighted by atomic mass is 9.95. The van der Waals surface area contributed by atoms with Crippen LogP contribution in [0.15, 0.2) is 84.9 Å². The van der Waals surface area contributed by atoms with Gasteiger partial charge < -0.3 is 0 Å². The minimum atomic E-state index is 0.911. The van der Waals surface area contributed by atoms with Crippen molar-refractivity contribution in [3.05, 3.63) is 96.1 Å². The van der Waals surface area contributed by atoms with Gasteiger partial charge >= 0.3 is 0 Å². The van der Waals surface area contributed by atoms with Crippen LogP contribution in [0.4, 0.5) is 0 Å². The Balaban J connectivity index is 1.97. The lowest BCUT2D eigenvalue weighted by molar-refractivity contribution is 1.68. The van der Waals surface area contributed by atoms with Gasteiger partial charge in [0.05, 0.1) is 4.86 Å². The molecule has 0 heterocycles. The Morgan fingerprint density at radius 2 is 0.909 bits per heavy atom. The molecule has 0 atom stereocenters. The van der Waals surface area contributed by atoms with Crippen molar-refractivity contribution in [2.45, 2.75) is 0 Å². The molecule has 0 fully saturated rings. The number of hydrogen-bond donors (Lipinski definition) is 0. The zero-order valence-corrected chi connectivity index (χ0v) is 12.8. The topological polar surface area (TPSA) is 0 Å². The van der Waals surface area contributed by atoms with Gasteiger partial charge in [0.2, 0.25) is 0 Å². The van der Waals surface area contributed by atoms with Gasteiger partial charge in [-0.15, -0.1) is 0 Å². The third kappa shape index (κ3) is 2.11. The monoisotopic (exact) mass is 298 g/mol. The van der Waals surface area contributed by atoms with Gasteiger partial charge in [0.15, 0.2) is 0 Å². The Labute approximate surface area is 135 Å². The number of thiocarbonyl (C=S) groups is 1. The maximum atomic E-state index is 5.84. The molecule has 0 aliphatic rings. The highest BCUT2D eigenvalue weighted by atomic mass is 32.1. The summed E-state index contributed by atoms with van der Waals surface area (Å²) in [6.45, 7) is 0. The van der Waals surface area contributed by atoms with E-state index < -0.39 is 0 Å². The Morgan fingerprint density at radius 3 is 1.41 bits per heavy atom. The fraction of sp³-hybridized carbons (Fsp3) is 0. The highest BCUT2D eigenvalue weighted by Crippen LogP contribution is 2.26. The Morgan fingerprint density at radius 1 is 0.500 bits per heavy atom. The van der Waals surface area contributed by atoms with Crippen LogP contribution in [0.1, 0.15) is 11.1 Å². The Bertz CT molecular complexity index is 907. The standard InChI is InChI=1S/C21H14S/c22-21(19-13-5-9-15-7-1-3-11-17(15)19)20-14-6-10-16-8-2-4-12-18(16)20/h1-14H. The molecular weight excluding hydrogens is 284 g/mol. The molecule has 1 heteroatoms. The molecule has 0 aliphatic carbocycles. The molecule has 0 aliphatic heterocycles. The summed E-state index contributed by atoms with van der Waals surface area (Å²) in [6, 6.07) is 29.5. The molecule has 22 heavy (non-hydrogen) atoms. The minimum Gasteiger partial charge on any atom is -0.0787 e. The van der Waals surface area contributed by atoms with Crippen molar-refractivity contribution < 1.29 is 0 Å². The third-order valence-corrected chi connectivity index (χ3v) is 4.51. The van der Waals surface area contributed by atoms with Crippen LogP contribution in [0.25, 0.3) is 21.5 Å². The average Bonchev–Trinajstić information content (AvgIpc) is 2.60. The van der Waals surface area contributed by atoms with Crippen LogP contribution in [-0.2, 0) is 0 Å². The SMILES string of the molecule is S=C(c1cccc2ccccc12)c1cccc2ccccc12. The molecule has 0 aromatic heterocycles. The summed E-state index contributed by atoms with van der Waals surface area (Å²) in [4.78, 5) is 0.911. The van der Waals surface area contributed by atoms with Gasteiger partial charge in [0.25, 0.3) is 0 Å². The van der Waals surface area contributed by atoms with E-state index >= 15 is 0 Å². The first kappa shape index (κ1) is 13.2. The molecule has 0 saturated carbocycles. The second-order valence-electron chi connectivity index (χ2n) is 5.38. The zero-order valence-electron chi connectivity index (χ0n) is 12.0. The first-order chi connectivity index (χ1) is 10.8. The maximum Gasteiger partial charge on any atom is 0.0534 e. The second kappa shape index (κ2) is 5.36. The summed E-state index contributed by atoms with van der Waals surface area (Å²) in [5.74, 6) is 0. The molecule has 4 rings (SSSR count). The number of benzene rings is 4. The smallest absolute Gasteiger partial charge is 0.0534 e. The van der Waals surface area contributed by atoms with E-state index in [1.165, 1.54) is 21.5 Å². The molecule has 0 N–H and O–H groups in total. The normalized spacial score (nSPS) is 10.9. The van der Waals surface area contributed by atoms with Crippen LogP contribution in [0.2, 0.25) is 0 Å². The highest BCUT2D eigenvalue weighted by Gasteiger charge is 2.11. The van der Waals surface area contributed by atoms with E-state index in [0.717, 1.165) is 16.0 Å². The van der Waals surface area contributed by atoms with Gasteiger partial charge in [-0.25, -0.2) is 0 Å². The molecule has 0 spiro atoms. The van der Waals surface area contributed by atoms with Crippen LogP contribution >= 0.6 is 12.2 Å². The summed E-state index contributed by atoms with van der Waals surface area (Å²) in [5, 5.41) is 4.87. The minimum absolute atomic E-state index is 0.911. The van der Waals surface area contributed by atoms with Gasteiger partial charge in [0.1, 0.15) is 0 Å². The average molecular weight is 298 g/mol. The zero-order chi connectivity index (χ0) is 14.9. The fourth-order valence-corrected chi connectivity index (χ4v) is 3.35. The Hall–Kier alpha value is -2.51. The van der Waals surface area contributed by atoms with Gasteiger partial charge in [-0.2, -0.15) is 0 Å². The van der Waals surface area contributed by atoms with Crippen LogP contribution in [0, 0.1) is 0 Å². The number of rotatable bonds is 2. The van der Waals surface area contributed by atoms with Crippen LogP contribution in [0.5, 0.6) is 0 Å². The summed E-state index contributed by atoms with van der Waals surface area (Å²) in [5.41, 5.74) is 2.26. The van der Waals surface area contributed by atoms with Gasteiger partial charge in [-0.3, -0.25) is 0 Å². The maximum absolute atomic E-state index is 5.84. The summed E-state index contributed by atoms with van der Waals surface area (Å²) >= 11 is 5.84. The predicted octanol–water partition coefficient (Wildman–Crippen LogP) is 5.76. The van der Waals surface area contributed by atoms with Gasteiger partial charge in [-0.1, -0.05) is 97.1 Å².